The van der Waals surface area contributed by atoms with Crippen molar-refractivity contribution in [3.8, 4) is 0 Å². The van der Waals surface area contributed by atoms with Crippen molar-refractivity contribution in [1.29, 1.82) is 0 Å². The van der Waals surface area contributed by atoms with E-state index >= 15 is 0 Å². The summed E-state index contributed by atoms with van der Waals surface area (Å²) in [5, 5.41) is 246. The van der Waals surface area contributed by atoms with Crippen LogP contribution < -0.4 is 26.6 Å². The van der Waals surface area contributed by atoms with Crippen LogP contribution in [0.4, 0.5) is 0 Å². The van der Waals surface area contributed by atoms with Crippen molar-refractivity contribution >= 4 is 29.5 Å². The number of amides is 5. The molecule has 8 heterocycles. The van der Waals surface area contributed by atoms with Gasteiger partial charge in [0.2, 0.25) is 29.5 Å². The van der Waals surface area contributed by atoms with E-state index in [1.807, 2.05) is 0 Å². The van der Waals surface area contributed by atoms with Crippen LogP contribution in [0.15, 0.2) is 0 Å². The Morgan fingerprint density at radius 3 is 0.933 bits per heavy atom. The third-order valence-corrected chi connectivity index (χ3v) is 18.6. The largest absolute Gasteiger partial charge is 0.394 e. The Labute approximate surface area is 589 Å². The molecule has 0 aromatic heterocycles. The Kier molecular flexibility index (Phi) is 30.9. The molecule has 8 aliphatic rings. The molecule has 8 rings (SSSR count). The van der Waals surface area contributed by atoms with Crippen LogP contribution in [0.3, 0.4) is 0 Å². The normalized spacial score (nSPS) is 47.2. The van der Waals surface area contributed by atoms with E-state index < -0.39 is 328 Å². The van der Waals surface area contributed by atoms with Crippen molar-refractivity contribution in [1.82, 2.24) is 26.6 Å². The van der Waals surface area contributed by atoms with Crippen LogP contribution in [0.1, 0.15) is 34.6 Å². The molecule has 26 N–H and O–H groups in total. The molecule has 0 aromatic rings. The zero-order valence-electron chi connectivity index (χ0n) is 56.3. The minimum Gasteiger partial charge on any atom is -0.394 e. The summed E-state index contributed by atoms with van der Waals surface area (Å²) in [5.41, 5.74) is 0. The molecule has 0 unspecified atom stereocenters. The molecule has 0 bridgehead atoms. The summed E-state index contributed by atoms with van der Waals surface area (Å²) in [6.45, 7) is -3.36. The summed E-state index contributed by atoms with van der Waals surface area (Å²) in [6.07, 6.45) is -71.4. The topological polar surface area (TPSA) is 709 Å². The minimum absolute atomic E-state index is 0.773. The second kappa shape index (κ2) is 37.5. The fraction of sp³-hybridized carbons (Fsp3) is 0.914. The van der Waals surface area contributed by atoms with Gasteiger partial charge in [0, 0.05) is 34.6 Å². The SMILES string of the molecule is CC(=O)N[C@@H]1[C@@H](O)[C@H](O[C@@H]2O[C@H](CO)[C@@H](O[C@@H]3O[C@H](CO[C@H]4O[C@H](CO[C@@H]5O[C@H](CO)[C@@H](O)[C@H](O)[C@H]5NC(C)=O)[C@@H](O)[C@H](O[C@@H]5O[C@H](CO)[C@@H](O)[C@H](O)[C@H]5NC(C)=O)[C@@H]4O)[C@@H](O)[C@H](O[C@H]4O[C@H](CO)[C@@H](O)[C@H](O)[C@@H]4O[C@@H]4O[C@H](CO)[C@@H](O)[C@H](O)[C@H]4NC(C)=O)[C@@H]3O)[C@H](O)[C@H]2NC(C)=O)[C@@H](CO)O[C@H]1O. The highest BCUT2D eigenvalue weighted by atomic mass is 16.8. The van der Waals surface area contributed by atoms with Crippen molar-refractivity contribution in [2.24, 2.45) is 0 Å². The molecule has 8 saturated heterocycles. The molecule has 0 spiro atoms. The lowest BCUT2D eigenvalue weighted by atomic mass is 9.93. The molecule has 40 atom stereocenters. The lowest BCUT2D eigenvalue weighted by Crippen LogP contribution is -2.70. The van der Waals surface area contributed by atoms with E-state index in [-0.39, 0.29) is 0 Å². The van der Waals surface area contributed by atoms with Crippen LogP contribution in [0.25, 0.3) is 0 Å². The van der Waals surface area contributed by atoms with E-state index in [1.54, 1.807) is 0 Å². The molecule has 8 fully saturated rings. The number of hydrogen-bond acceptors (Lipinski definition) is 41. The number of aliphatic hydroxyl groups excluding tert-OH is 21. The van der Waals surface area contributed by atoms with Gasteiger partial charge in [-0.1, -0.05) is 0 Å². The first kappa shape index (κ1) is 85.5. The van der Waals surface area contributed by atoms with Gasteiger partial charge in [-0.3, -0.25) is 24.0 Å². The number of carbonyl (C=O) groups excluding carboxylic acids is 5. The second-order valence-electron chi connectivity index (χ2n) is 26.1. The Balaban J connectivity index is 1.16. The van der Waals surface area contributed by atoms with Crippen LogP contribution in [0, 0.1) is 0 Å². The van der Waals surface area contributed by atoms with E-state index in [0.29, 0.717) is 0 Å². The summed E-state index contributed by atoms with van der Waals surface area (Å²) in [6, 6.07) is -8.67. The first-order chi connectivity index (χ1) is 49.1. The fourth-order valence-corrected chi connectivity index (χ4v) is 13.3. The standard InChI is InChI=1S/C58H97N5O41/c1-14(70)59-27-41(84)46(23(10-68)92-51(27)89)100-55-31(63-18(5)74)42(85)47(24(11-69)97-55)101-57-45(88)49(103-58-50(43(86)35(78)22(9-67)96-58)104-54-30(62-17(4)73)40(83)34(77)21(8-66)95-54)37(80)26(99-57)13-91-56-44(87)48(102-53-29(61-16(3)72)39(82)33(76)20(7-65)94-53)36(79)25(98-56)12-90-52-28(60-15(2)71)38(81)32(75)19(6-64)93-52/h19-58,64-69,75-89H,6-13H2,1-5H3,(H,59,70)(H,60,71)(H,61,72)(H,62,73)(H,63,74)/t19-,20-,21-,22-,23-,24-,25-,26-,27-,28-,29-,30-,31-,32-,33-,34-,35-,36-,37-,38-,39-,40-,41-,42-,43+,44+,45+,46-,47-,48+,49+,50+,51-,52-,53+,54+,55+,56+,57+,58-/m1/s1. The monoisotopic (exact) mass is 1520 g/mol. The van der Waals surface area contributed by atoms with Gasteiger partial charge in [-0.2, -0.15) is 0 Å². The number of carbonyl (C=O) groups is 5. The first-order valence-electron chi connectivity index (χ1n) is 33.1. The number of nitrogens with one attached hydrogen (secondary N) is 5. The minimum atomic E-state index is -2.52. The average molecular weight is 1520 g/mol. The number of aliphatic hydroxyl groups is 21. The lowest BCUT2D eigenvalue weighted by molar-refractivity contribution is -0.395. The summed E-state index contributed by atoms with van der Waals surface area (Å²) in [7, 11) is 0. The molecule has 0 aromatic carbocycles. The predicted molar refractivity (Wildman–Crippen MR) is 322 cm³/mol. The molecule has 8 aliphatic heterocycles. The smallest absolute Gasteiger partial charge is 0.217 e. The van der Waals surface area contributed by atoms with E-state index in [9.17, 15) is 131 Å². The Morgan fingerprint density at radius 1 is 0.250 bits per heavy atom. The predicted octanol–water partition coefficient (Wildman–Crippen LogP) is -17.7. The maximum absolute atomic E-state index is 12.9. The zero-order chi connectivity index (χ0) is 76.8. The lowest BCUT2D eigenvalue weighted by Gasteiger charge is -2.51. The molecule has 0 saturated carbocycles. The fourth-order valence-electron chi connectivity index (χ4n) is 13.3. The van der Waals surface area contributed by atoms with Crippen molar-refractivity contribution < 1.29 is 202 Å². The quantitative estimate of drug-likeness (QED) is 0.0363. The molecule has 46 nitrogen and oxygen atoms in total. The van der Waals surface area contributed by atoms with Gasteiger partial charge in [0.15, 0.2) is 50.3 Å². The van der Waals surface area contributed by atoms with Crippen LogP contribution in [0.5, 0.6) is 0 Å². The van der Waals surface area contributed by atoms with Crippen LogP contribution in [0.2, 0.25) is 0 Å². The molecule has 600 valence electrons. The molecular formula is C58H97N5O41. The maximum Gasteiger partial charge on any atom is 0.217 e. The van der Waals surface area contributed by atoms with Gasteiger partial charge in [0.25, 0.3) is 0 Å². The molecule has 5 amide bonds. The molecule has 0 aliphatic carbocycles. The van der Waals surface area contributed by atoms with E-state index in [2.05, 4.69) is 26.6 Å². The third kappa shape index (κ3) is 19.4. The third-order valence-electron chi connectivity index (χ3n) is 18.6. The molecular weight excluding hydrogens is 1420 g/mol. The summed E-state index contributed by atoms with van der Waals surface area (Å²) < 4.78 is 89.0. The Morgan fingerprint density at radius 2 is 0.519 bits per heavy atom. The van der Waals surface area contributed by atoms with Crippen molar-refractivity contribution in [2.75, 3.05) is 52.9 Å². The maximum atomic E-state index is 12.9. The summed E-state index contributed by atoms with van der Waals surface area (Å²) >= 11 is 0. The van der Waals surface area contributed by atoms with Crippen molar-refractivity contribution in [3.05, 3.63) is 0 Å². The molecule has 0 radical (unpaired) electrons. The number of rotatable bonds is 27. The van der Waals surface area contributed by atoms with E-state index in [1.165, 1.54) is 0 Å². The highest BCUT2D eigenvalue weighted by Crippen LogP contribution is 2.39. The van der Waals surface area contributed by atoms with Crippen LogP contribution in [-0.2, 0) is 95.0 Å². The van der Waals surface area contributed by atoms with Gasteiger partial charge in [-0.05, 0) is 0 Å². The van der Waals surface area contributed by atoms with Gasteiger partial charge in [0.1, 0.15) is 195 Å². The van der Waals surface area contributed by atoms with Crippen LogP contribution in [-0.4, -0.2) is 435 Å². The van der Waals surface area contributed by atoms with Crippen molar-refractivity contribution in [2.45, 2.75) is 280 Å². The van der Waals surface area contributed by atoms with Crippen LogP contribution >= 0.6 is 0 Å². The van der Waals surface area contributed by atoms with Gasteiger partial charge in [-0.15, -0.1) is 0 Å². The number of hydrogen-bond donors (Lipinski definition) is 26. The van der Waals surface area contributed by atoms with Gasteiger partial charge < -0.3 is 205 Å². The highest BCUT2D eigenvalue weighted by Gasteiger charge is 2.60. The Bertz CT molecular complexity index is 2770. The second-order valence-corrected chi connectivity index (χ2v) is 26.1. The van der Waals surface area contributed by atoms with Gasteiger partial charge in [0.05, 0.1) is 52.9 Å². The number of ether oxygens (including phenoxy) is 15. The van der Waals surface area contributed by atoms with Gasteiger partial charge in [-0.25, -0.2) is 0 Å². The zero-order valence-corrected chi connectivity index (χ0v) is 56.3. The Hall–Kier alpha value is -4.09. The summed E-state index contributed by atoms with van der Waals surface area (Å²) in [5.74, 6) is -4.20. The first-order valence-corrected chi connectivity index (χ1v) is 33.1. The molecule has 46 heteroatoms. The summed E-state index contributed by atoms with van der Waals surface area (Å²) in [4.78, 5) is 62.4. The van der Waals surface area contributed by atoms with E-state index in [0.717, 1.165) is 34.6 Å². The highest BCUT2D eigenvalue weighted by molar-refractivity contribution is 5.75. The van der Waals surface area contributed by atoms with Crippen molar-refractivity contribution in [3.63, 3.8) is 0 Å². The average Bonchev–Trinajstić information content (AvgIpc) is 0.777. The molecule has 104 heavy (non-hydrogen) atoms. The van der Waals surface area contributed by atoms with E-state index in [4.69, 9.17) is 71.1 Å². The van der Waals surface area contributed by atoms with Gasteiger partial charge >= 0.3 is 0 Å².